The van der Waals surface area contributed by atoms with E-state index in [1.807, 2.05) is 30.3 Å². The van der Waals surface area contributed by atoms with E-state index in [-0.39, 0.29) is 16.1 Å². The summed E-state index contributed by atoms with van der Waals surface area (Å²) in [5.41, 5.74) is 2.40. The molecule has 1 heterocycles. The van der Waals surface area contributed by atoms with Crippen molar-refractivity contribution in [1.29, 1.82) is 0 Å². The highest BCUT2D eigenvalue weighted by Gasteiger charge is 2.48. The molecule has 0 aliphatic carbocycles. The van der Waals surface area contributed by atoms with Crippen molar-refractivity contribution in [3.8, 4) is 0 Å². The van der Waals surface area contributed by atoms with E-state index >= 15 is 0 Å². The molecule has 1 saturated heterocycles. The number of benzene rings is 3. The summed E-state index contributed by atoms with van der Waals surface area (Å²) in [7, 11) is -3.85. The van der Waals surface area contributed by atoms with Crippen LogP contribution in [0.2, 0.25) is 0 Å². The predicted octanol–water partition coefficient (Wildman–Crippen LogP) is 3.08. The fourth-order valence-corrected chi connectivity index (χ4v) is 4.77. The Morgan fingerprint density at radius 2 is 1.60 bits per heavy atom. The molecule has 0 aromatic heterocycles. The number of nitrogens with zero attached hydrogens (tertiary/aromatic N) is 1. The Hall–Kier alpha value is -4.18. The number of aryl methyl sites for hydroxylation is 1. The van der Waals surface area contributed by atoms with E-state index in [0.717, 1.165) is 5.56 Å². The Morgan fingerprint density at radius 3 is 2.29 bits per heavy atom. The quantitative estimate of drug-likeness (QED) is 0.417. The van der Waals surface area contributed by atoms with Crippen LogP contribution in [0, 0.1) is 0 Å². The van der Waals surface area contributed by atoms with Crippen molar-refractivity contribution < 1.29 is 22.8 Å². The molecule has 180 valence electrons. The van der Waals surface area contributed by atoms with Crippen LogP contribution >= 0.6 is 0 Å². The van der Waals surface area contributed by atoms with Crippen molar-refractivity contribution in [3.63, 3.8) is 0 Å². The fraction of sp³-hybridized carbons (Fsp3) is 0.160. The molecule has 35 heavy (non-hydrogen) atoms. The van der Waals surface area contributed by atoms with Gasteiger partial charge in [-0.15, -0.1) is 0 Å². The van der Waals surface area contributed by atoms with E-state index in [2.05, 4.69) is 15.5 Å². The first-order valence-corrected chi connectivity index (χ1v) is 12.4. The van der Waals surface area contributed by atoms with Gasteiger partial charge in [0, 0.05) is 11.3 Å². The molecule has 3 N–H and O–H groups in total. The third-order valence-corrected chi connectivity index (χ3v) is 7.06. The number of hydrogen-bond acceptors (Lipinski definition) is 5. The summed E-state index contributed by atoms with van der Waals surface area (Å²) in [5.74, 6) is -1.31. The molecule has 0 saturated carbocycles. The molecule has 1 atom stereocenters. The highest BCUT2D eigenvalue weighted by atomic mass is 32.2. The second kappa shape index (κ2) is 9.59. The monoisotopic (exact) mass is 492 g/mol. The zero-order valence-electron chi connectivity index (χ0n) is 18.9. The van der Waals surface area contributed by atoms with Crippen LogP contribution in [0.3, 0.4) is 0 Å². The number of carbonyl (C=O) groups excluding carboxylic acids is 3. The normalized spacial score (nSPS) is 17.7. The lowest BCUT2D eigenvalue weighted by Gasteiger charge is -2.21. The Labute approximate surface area is 203 Å². The summed E-state index contributed by atoms with van der Waals surface area (Å²) < 4.78 is 27.5. The van der Waals surface area contributed by atoms with Gasteiger partial charge in [-0.3, -0.25) is 19.7 Å². The van der Waals surface area contributed by atoms with Crippen LogP contribution in [0.5, 0.6) is 0 Å². The molecule has 0 unspecified atom stereocenters. The number of anilines is 1. The van der Waals surface area contributed by atoms with Crippen LogP contribution in [-0.2, 0) is 21.2 Å². The number of nitrogens with one attached hydrogen (secondary N) is 3. The molecule has 9 nitrogen and oxygen atoms in total. The number of rotatable bonds is 8. The second-order valence-electron chi connectivity index (χ2n) is 8.33. The largest absolute Gasteiger partial charge is 0.344 e. The van der Waals surface area contributed by atoms with Gasteiger partial charge in [0.25, 0.3) is 21.8 Å². The third-order valence-electron chi connectivity index (χ3n) is 5.66. The van der Waals surface area contributed by atoms with Crippen molar-refractivity contribution in [2.45, 2.75) is 30.2 Å². The van der Waals surface area contributed by atoms with Crippen molar-refractivity contribution in [1.82, 2.24) is 15.8 Å². The van der Waals surface area contributed by atoms with E-state index in [1.165, 1.54) is 36.4 Å². The second-order valence-corrected chi connectivity index (χ2v) is 10.0. The highest BCUT2D eigenvalue weighted by molar-refractivity contribution is 7.92. The lowest BCUT2D eigenvalue weighted by atomic mass is 9.93. The molecule has 1 aliphatic rings. The Balaban J connectivity index is 1.44. The summed E-state index contributed by atoms with van der Waals surface area (Å²) in [6, 6.07) is 22.4. The molecule has 1 aliphatic heterocycles. The first-order valence-electron chi connectivity index (χ1n) is 10.9. The molecular formula is C25H24N4O5S. The maximum absolute atomic E-state index is 13.0. The molecule has 0 bridgehead atoms. The number of carbonyl (C=O) groups is 3. The molecule has 3 aromatic carbocycles. The zero-order valence-corrected chi connectivity index (χ0v) is 19.7. The lowest BCUT2D eigenvalue weighted by molar-refractivity contribution is -0.132. The first-order chi connectivity index (χ1) is 16.7. The summed E-state index contributed by atoms with van der Waals surface area (Å²) in [5, 5.41) is 3.31. The van der Waals surface area contributed by atoms with E-state index < -0.39 is 33.4 Å². The van der Waals surface area contributed by atoms with Gasteiger partial charge in [-0.1, -0.05) is 54.6 Å². The lowest BCUT2D eigenvalue weighted by Crippen LogP contribution is -2.49. The average molecular weight is 493 g/mol. The average Bonchev–Trinajstić information content (AvgIpc) is 3.07. The summed E-state index contributed by atoms with van der Waals surface area (Å²) in [6.07, 6.45) is 0.916. The third kappa shape index (κ3) is 5.33. The Kier molecular flexibility index (Phi) is 6.57. The number of imide groups is 1. The smallest absolute Gasteiger partial charge is 0.322 e. The van der Waals surface area contributed by atoms with Gasteiger partial charge < -0.3 is 5.32 Å². The molecule has 4 amide bonds. The maximum Gasteiger partial charge on any atom is 0.344 e. The minimum Gasteiger partial charge on any atom is -0.322 e. The van der Waals surface area contributed by atoms with Crippen LogP contribution in [-0.4, -0.2) is 36.8 Å². The molecular weight excluding hydrogens is 468 g/mol. The van der Waals surface area contributed by atoms with Crippen molar-refractivity contribution in [3.05, 3.63) is 96.1 Å². The van der Waals surface area contributed by atoms with Gasteiger partial charge in [0.1, 0.15) is 5.54 Å². The van der Waals surface area contributed by atoms with Gasteiger partial charge in [-0.05, 0) is 55.7 Å². The van der Waals surface area contributed by atoms with Gasteiger partial charge >= 0.3 is 6.03 Å². The maximum atomic E-state index is 13.0. The Morgan fingerprint density at radius 1 is 0.943 bits per heavy atom. The minimum atomic E-state index is -3.85. The standard InChI is InChI=1S/C25H24N4O5S/c1-25(16-15-18-9-4-2-5-10-18)23(31)29(24(32)26-25)27-22(30)19-11-8-12-20(17-19)28-35(33,34)21-13-6-3-7-14-21/h2-14,17,28H,15-16H2,1H3,(H,26,32)(H,27,30)/t25-/m1/s1. The van der Waals surface area contributed by atoms with Crippen molar-refractivity contribution in [2.24, 2.45) is 0 Å². The number of hydrazine groups is 1. The van der Waals surface area contributed by atoms with E-state index in [0.29, 0.717) is 17.9 Å². The number of amides is 4. The summed E-state index contributed by atoms with van der Waals surface area (Å²) in [6.45, 7) is 1.61. The fourth-order valence-electron chi connectivity index (χ4n) is 3.70. The molecule has 4 rings (SSSR count). The van der Waals surface area contributed by atoms with Gasteiger partial charge in [-0.2, -0.15) is 5.01 Å². The number of sulfonamides is 1. The molecule has 3 aromatic rings. The van der Waals surface area contributed by atoms with Crippen LogP contribution in [0.25, 0.3) is 0 Å². The molecule has 0 radical (unpaired) electrons. The van der Waals surface area contributed by atoms with Crippen LogP contribution in [0.15, 0.2) is 89.8 Å². The molecule has 10 heteroatoms. The highest BCUT2D eigenvalue weighted by Crippen LogP contribution is 2.23. The molecule has 1 fully saturated rings. The predicted molar refractivity (Wildman–Crippen MR) is 130 cm³/mol. The topological polar surface area (TPSA) is 125 Å². The molecule has 0 spiro atoms. The zero-order chi connectivity index (χ0) is 25.1. The Bertz CT molecular complexity index is 1360. The van der Waals surface area contributed by atoms with E-state index in [9.17, 15) is 22.8 Å². The van der Waals surface area contributed by atoms with Crippen LogP contribution in [0.4, 0.5) is 10.5 Å². The van der Waals surface area contributed by atoms with Gasteiger partial charge in [0.2, 0.25) is 0 Å². The van der Waals surface area contributed by atoms with Gasteiger partial charge in [-0.25, -0.2) is 13.2 Å². The SMILES string of the molecule is C[C@]1(CCc2ccccc2)NC(=O)N(NC(=O)c2cccc(NS(=O)(=O)c3ccccc3)c2)C1=O. The summed E-state index contributed by atoms with van der Waals surface area (Å²) in [4.78, 5) is 38.3. The van der Waals surface area contributed by atoms with E-state index in [4.69, 9.17) is 0 Å². The van der Waals surface area contributed by atoms with Gasteiger partial charge in [0.05, 0.1) is 4.90 Å². The number of hydrogen-bond donors (Lipinski definition) is 3. The first kappa shape index (κ1) is 24.0. The number of urea groups is 1. The van der Waals surface area contributed by atoms with Crippen molar-refractivity contribution >= 4 is 33.6 Å². The van der Waals surface area contributed by atoms with Gasteiger partial charge in [0.15, 0.2) is 0 Å². The van der Waals surface area contributed by atoms with Crippen LogP contribution < -0.4 is 15.5 Å². The van der Waals surface area contributed by atoms with E-state index in [1.54, 1.807) is 25.1 Å². The van der Waals surface area contributed by atoms with Crippen LogP contribution in [0.1, 0.15) is 29.3 Å². The van der Waals surface area contributed by atoms with Crippen molar-refractivity contribution in [2.75, 3.05) is 4.72 Å². The summed E-state index contributed by atoms with van der Waals surface area (Å²) >= 11 is 0. The minimum absolute atomic E-state index is 0.0664.